The zero-order valence-corrected chi connectivity index (χ0v) is 15.8. The van der Waals surface area contributed by atoms with E-state index in [1.54, 1.807) is 11.3 Å². The minimum absolute atomic E-state index is 0.0252. The summed E-state index contributed by atoms with van der Waals surface area (Å²) in [6.45, 7) is 4.44. The summed E-state index contributed by atoms with van der Waals surface area (Å²) in [5, 5.41) is 8.19. The molecule has 0 spiro atoms. The number of thiophene rings is 1. The van der Waals surface area contributed by atoms with Gasteiger partial charge in [-0.25, -0.2) is 0 Å². The maximum atomic E-state index is 13.2. The number of allylic oxidation sites excluding steroid dienone is 1. The molecular formula is C23H21NOS. The molecule has 2 aliphatic rings. The number of ketones is 1. The Labute approximate surface area is 157 Å². The first-order valence-electron chi connectivity index (χ1n) is 9.13. The minimum atomic E-state index is 0.0252. The van der Waals surface area contributed by atoms with Gasteiger partial charge in [0.05, 0.1) is 10.6 Å². The quantitative estimate of drug-likeness (QED) is 0.559. The molecule has 1 fully saturated rings. The third-order valence-corrected chi connectivity index (χ3v) is 6.55. The van der Waals surface area contributed by atoms with E-state index in [1.165, 1.54) is 16.3 Å². The van der Waals surface area contributed by atoms with E-state index >= 15 is 0 Å². The SMILES string of the molecule is CC1(C)CC(=O)C2=C(c3cccs3)Nc3ccc4ccccc4c3[C@H]2C1. The van der Waals surface area contributed by atoms with Crippen LogP contribution in [-0.2, 0) is 4.79 Å². The van der Waals surface area contributed by atoms with E-state index < -0.39 is 0 Å². The largest absolute Gasteiger partial charge is 0.354 e. The fraction of sp³-hybridized carbons (Fsp3) is 0.261. The molecule has 3 aromatic rings. The first kappa shape index (κ1) is 15.8. The van der Waals surface area contributed by atoms with Gasteiger partial charge in [0.1, 0.15) is 0 Å². The van der Waals surface area contributed by atoms with Gasteiger partial charge in [0.2, 0.25) is 0 Å². The highest BCUT2D eigenvalue weighted by Crippen LogP contribution is 2.53. The summed E-state index contributed by atoms with van der Waals surface area (Å²) >= 11 is 1.69. The molecule has 0 radical (unpaired) electrons. The molecule has 3 heteroatoms. The summed E-state index contributed by atoms with van der Waals surface area (Å²) in [6.07, 6.45) is 1.63. The summed E-state index contributed by atoms with van der Waals surface area (Å²) in [7, 11) is 0. The molecule has 2 aromatic carbocycles. The van der Waals surface area contributed by atoms with E-state index in [2.05, 4.69) is 73.1 Å². The average molecular weight is 359 g/mol. The number of Topliss-reactive ketones (excluding diaryl/α,β-unsaturated/α-hetero) is 1. The smallest absolute Gasteiger partial charge is 0.162 e. The maximum absolute atomic E-state index is 13.2. The molecule has 1 saturated carbocycles. The molecule has 0 saturated heterocycles. The molecule has 130 valence electrons. The van der Waals surface area contributed by atoms with Crippen molar-refractivity contribution in [3.8, 4) is 0 Å². The molecule has 2 heterocycles. The van der Waals surface area contributed by atoms with Gasteiger partial charge in [-0.2, -0.15) is 0 Å². The molecule has 1 aliphatic carbocycles. The van der Waals surface area contributed by atoms with Gasteiger partial charge < -0.3 is 5.32 Å². The highest BCUT2D eigenvalue weighted by Gasteiger charge is 2.42. The summed E-state index contributed by atoms with van der Waals surface area (Å²) in [4.78, 5) is 14.4. The summed E-state index contributed by atoms with van der Waals surface area (Å²) in [5.74, 6) is 0.450. The van der Waals surface area contributed by atoms with Crippen molar-refractivity contribution in [3.63, 3.8) is 0 Å². The van der Waals surface area contributed by atoms with Crippen LogP contribution in [0.15, 0.2) is 59.5 Å². The van der Waals surface area contributed by atoms with Gasteiger partial charge in [-0.15, -0.1) is 11.3 Å². The molecule has 5 rings (SSSR count). The van der Waals surface area contributed by atoms with E-state index in [-0.39, 0.29) is 11.3 Å². The monoisotopic (exact) mass is 359 g/mol. The minimum Gasteiger partial charge on any atom is -0.354 e. The molecule has 1 aromatic heterocycles. The van der Waals surface area contributed by atoms with E-state index in [4.69, 9.17) is 0 Å². The van der Waals surface area contributed by atoms with Crippen LogP contribution in [0.1, 0.15) is 43.0 Å². The third-order valence-electron chi connectivity index (χ3n) is 5.66. The Kier molecular flexibility index (Phi) is 3.38. The number of fused-ring (bicyclic) bond motifs is 5. The number of hydrogen-bond donors (Lipinski definition) is 1. The van der Waals surface area contributed by atoms with E-state index in [1.807, 2.05) is 0 Å². The Morgan fingerprint density at radius 2 is 1.92 bits per heavy atom. The Bertz CT molecular complexity index is 1060. The predicted octanol–water partition coefficient (Wildman–Crippen LogP) is 6.21. The van der Waals surface area contributed by atoms with Crippen LogP contribution in [0.4, 0.5) is 5.69 Å². The molecule has 1 atom stereocenters. The normalized spacial score (nSPS) is 21.3. The number of carbonyl (C=O) groups is 1. The van der Waals surface area contributed by atoms with Gasteiger partial charge in [-0.05, 0) is 45.7 Å². The first-order chi connectivity index (χ1) is 12.5. The lowest BCUT2D eigenvalue weighted by molar-refractivity contribution is -0.119. The Hall–Kier alpha value is -2.39. The lowest BCUT2D eigenvalue weighted by atomic mass is 9.65. The van der Waals surface area contributed by atoms with Gasteiger partial charge in [-0.1, -0.05) is 50.2 Å². The number of anilines is 1. The maximum Gasteiger partial charge on any atom is 0.162 e. The van der Waals surface area contributed by atoms with Crippen molar-refractivity contribution in [1.82, 2.24) is 0 Å². The lowest BCUT2D eigenvalue weighted by Gasteiger charge is -2.41. The molecule has 1 N–H and O–H groups in total. The van der Waals surface area contributed by atoms with Crippen molar-refractivity contribution in [1.29, 1.82) is 0 Å². The van der Waals surface area contributed by atoms with Crippen LogP contribution >= 0.6 is 11.3 Å². The standard InChI is InChI=1S/C23H21NOS/c1-23(2)12-16-20-15-7-4-3-6-14(15)9-10-17(20)24-22(19-8-5-11-26-19)21(16)18(25)13-23/h3-11,16,24H,12-13H2,1-2H3/t16-/m1/s1. The van der Waals surface area contributed by atoms with Crippen molar-refractivity contribution in [2.75, 3.05) is 5.32 Å². The molecule has 26 heavy (non-hydrogen) atoms. The van der Waals surface area contributed by atoms with Crippen LogP contribution in [0.25, 0.3) is 16.5 Å². The number of hydrogen-bond acceptors (Lipinski definition) is 3. The second-order valence-electron chi connectivity index (χ2n) is 8.16. The van der Waals surface area contributed by atoms with Gasteiger partial charge in [0.15, 0.2) is 5.78 Å². The van der Waals surface area contributed by atoms with Crippen molar-refractivity contribution in [2.45, 2.75) is 32.6 Å². The van der Waals surface area contributed by atoms with Crippen LogP contribution in [0, 0.1) is 5.41 Å². The Morgan fingerprint density at radius 3 is 2.73 bits per heavy atom. The fourth-order valence-corrected chi connectivity index (χ4v) is 5.35. The zero-order chi connectivity index (χ0) is 17.9. The second kappa shape index (κ2) is 5.55. The van der Waals surface area contributed by atoms with Gasteiger partial charge in [-0.3, -0.25) is 4.79 Å². The molecule has 0 amide bonds. The van der Waals surface area contributed by atoms with Crippen molar-refractivity contribution >= 4 is 39.3 Å². The molecular weight excluding hydrogens is 338 g/mol. The van der Waals surface area contributed by atoms with Gasteiger partial charge in [0.25, 0.3) is 0 Å². The highest BCUT2D eigenvalue weighted by atomic mass is 32.1. The van der Waals surface area contributed by atoms with Crippen molar-refractivity contribution in [2.24, 2.45) is 5.41 Å². The van der Waals surface area contributed by atoms with E-state index in [0.29, 0.717) is 12.2 Å². The Balaban J connectivity index is 1.81. The van der Waals surface area contributed by atoms with Crippen LogP contribution in [-0.4, -0.2) is 5.78 Å². The second-order valence-corrected chi connectivity index (χ2v) is 9.11. The van der Waals surface area contributed by atoms with Gasteiger partial charge >= 0.3 is 0 Å². The van der Waals surface area contributed by atoms with Crippen molar-refractivity contribution in [3.05, 3.63) is 69.9 Å². The molecule has 2 nitrogen and oxygen atoms in total. The van der Waals surface area contributed by atoms with Crippen LogP contribution in [0.2, 0.25) is 0 Å². The molecule has 1 aliphatic heterocycles. The zero-order valence-electron chi connectivity index (χ0n) is 15.0. The fourth-order valence-electron chi connectivity index (χ4n) is 4.61. The van der Waals surface area contributed by atoms with Crippen LogP contribution < -0.4 is 5.32 Å². The van der Waals surface area contributed by atoms with Gasteiger partial charge in [0, 0.05) is 23.6 Å². The first-order valence-corrected chi connectivity index (χ1v) is 10.0. The number of benzene rings is 2. The summed E-state index contributed by atoms with van der Waals surface area (Å²) in [5.41, 5.74) is 4.46. The van der Waals surface area contributed by atoms with E-state index in [0.717, 1.165) is 28.3 Å². The summed E-state index contributed by atoms with van der Waals surface area (Å²) < 4.78 is 0. The summed E-state index contributed by atoms with van der Waals surface area (Å²) in [6, 6.07) is 17.0. The van der Waals surface area contributed by atoms with Crippen LogP contribution in [0.3, 0.4) is 0 Å². The van der Waals surface area contributed by atoms with Crippen LogP contribution in [0.5, 0.6) is 0 Å². The number of nitrogens with one attached hydrogen (secondary N) is 1. The lowest BCUT2D eigenvalue weighted by Crippen LogP contribution is -2.34. The van der Waals surface area contributed by atoms with E-state index in [9.17, 15) is 4.79 Å². The Morgan fingerprint density at radius 1 is 1.08 bits per heavy atom. The number of rotatable bonds is 1. The molecule has 0 unspecified atom stereocenters. The average Bonchev–Trinajstić information content (AvgIpc) is 3.14. The molecule has 0 bridgehead atoms. The third kappa shape index (κ3) is 2.34. The number of carbonyl (C=O) groups excluding carboxylic acids is 1. The topological polar surface area (TPSA) is 29.1 Å². The highest BCUT2D eigenvalue weighted by molar-refractivity contribution is 7.11. The van der Waals surface area contributed by atoms with Crippen molar-refractivity contribution < 1.29 is 4.79 Å². The predicted molar refractivity (Wildman–Crippen MR) is 110 cm³/mol.